The molecule has 1 fully saturated rings. The number of para-hydroxylation sites is 1. The van der Waals surface area contributed by atoms with Crippen molar-refractivity contribution < 1.29 is 27.5 Å². The average Bonchev–Trinajstić information content (AvgIpc) is 3.09. The molecule has 0 saturated carbocycles. The van der Waals surface area contributed by atoms with Crippen molar-refractivity contribution in [2.24, 2.45) is 10.9 Å². The predicted octanol–water partition coefficient (Wildman–Crippen LogP) is 9.62. The number of carbonyl (C=O) groups excluding carboxylic acids is 2. The molecule has 3 rings (SSSR count). The zero-order valence-corrected chi connectivity index (χ0v) is 34.3. The molecule has 1 amide bonds. The number of halogens is 3. The summed E-state index contributed by atoms with van der Waals surface area (Å²) in [6.45, 7) is 24.9. The number of nitrogens with zero attached hydrogens (tertiary/aromatic N) is 2. The molecule has 0 spiro atoms. The van der Waals surface area contributed by atoms with E-state index in [0.29, 0.717) is 31.8 Å². The van der Waals surface area contributed by atoms with E-state index >= 15 is 0 Å². The van der Waals surface area contributed by atoms with Crippen LogP contribution in [0.4, 0.5) is 13.2 Å². The zero-order valence-electron chi connectivity index (χ0n) is 34.3. The van der Waals surface area contributed by atoms with E-state index in [1.807, 2.05) is 13.1 Å². The number of benzene rings is 2. The van der Waals surface area contributed by atoms with Crippen molar-refractivity contribution in [1.29, 1.82) is 0 Å². The van der Waals surface area contributed by atoms with Crippen molar-refractivity contribution in [2.75, 3.05) is 26.7 Å². The van der Waals surface area contributed by atoms with Crippen molar-refractivity contribution in [3.63, 3.8) is 0 Å². The number of hydrogen-bond donors (Lipinski definition) is 3. The Kier molecular flexibility index (Phi) is 21.3. The quantitative estimate of drug-likeness (QED) is 0.0819. The molecule has 3 atom stereocenters. The van der Waals surface area contributed by atoms with Crippen LogP contribution < -0.4 is 20.7 Å². The van der Waals surface area contributed by atoms with Crippen LogP contribution in [0.5, 0.6) is 5.75 Å². The maximum absolute atomic E-state index is 13.2. The van der Waals surface area contributed by atoms with Gasteiger partial charge in [0.1, 0.15) is 23.5 Å². The minimum Gasteiger partial charge on any atom is -0.405 e. The van der Waals surface area contributed by atoms with Crippen LogP contribution in [0, 0.1) is 19.8 Å². The Morgan fingerprint density at radius 1 is 1.02 bits per heavy atom. The van der Waals surface area contributed by atoms with Gasteiger partial charge < -0.3 is 20.3 Å². The van der Waals surface area contributed by atoms with Gasteiger partial charge in [-0.25, -0.2) is 4.99 Å². The summed E-state index contributed by atoms with van der Waals surface area (Å²) in [5, 5.41) is 8.75. The SMILES string of the molecule is CCCC.CCCNCC(C)=O.CNC(NC(=O)[C@H]1CCN(C(C)=N/C=C(\C)c2c(C)cc(C(C)C)cc2C)[C@@H](C)C1)c1ccccc1OC(F)(F)F. The molecule has 53 heavy (non-hydrogen) atoms. The highest BCUT2D eigenvalue weighted by atomic mass is 19.4. The molecule has 1 aliphatic rings. The molecule has 8 nitrogen and oxygen atoms in total. The van der Waals surface area contributed by atoms with E-state index in [4.69, 9.17) is 4.99 Å². The van der Waals surface area contributed by atoms with Gasteiger partial charge in [-0.1, -0.05) is 77.8 Å². The van der Waals surface area contributed by atoms with Crippen LogP contribution in [0.15, 0.2) is 47.6 Å². The van der Waals surface area contributed by atoms with Crippen LogP contribution in [0.2, 0.25) is 0 Å². The first-order valence-electron chi connectivity index (χ1n) is 19.0. The number of amides is 1. The topological polar surface area (TPSA) is 95.1 Å². The number of rotatable bonds is 13. The summed E-state index contributed by atoms with van der Waals surface area (Å²) >= 11 is 0. The fourth-order valence-corrected chi connectivity index (χ4v) is 6.12. The number of piperidine rings is 1. The molecule has 2 aromatic rings. The van der Waals surface area contributed by atoms with Crippen molar-refractivity contribution in [1.82, 2.24) is 20.9 Å². The molecule has 0 bridgehead atoms. The molecule has 2 aromatic carbocycles. The Hall–Kier alpha value is -3.70. The third kappa shape index (κ3) is 16.9. The van der Waals surface area contributed by atoms with Gasteiger partial charge in [0.25, 0.3) is 0 Å². The highest BCUT2D eigenvalue weighted by Gasteiger charge is 2.34. The van der Waals surface area contributed by atoms with Crippen LogP contribution in [0.1, 0.15) is 134 Å². The lowest BCUT2D eigenvalue weighted by Gasteiger charge is -2.38. The molecule has 298 valence electrons. The number of alkyl halides is 3. The second-order valence-corrected chi connectivity index (χ2v) is 14.1. The van der Waals surface area contributed by atoms with E-state index in [9.17, 15) is 22.8 Å². The number of ether oxygens (including phenoxy) is 1. The lowest BCUT2D eigenvalue weighted by molar-refractivity contribution is -0.275. The van der Waals surface area contributed by atoms with E-state index in [0.717, 1.165) is 24.4 Å². The number of likely N-dealkylation sites (tertiary alicyclic amines) is 1. The Balaban J connectivity index is 0.00000101. The van der Waals surface area contributed by atoms with E-state index in [-0.39, 0.29) is 35.0 Å². The second-order valence-electron chi connectivity index (χ2n) is 14.1. The third-order valence-corrected chi connectivity index (χ3v) is 9.06. The Labute approximate surface area is 317 Å². The summed E-state index contributed by atoms with van der Waals surface area (Å²) in [4.78, 5) is 30.4. The van der Waals surface area contributed by atoms with Crippen molar-refractivity contribution >= 4 is 23.1 Å². The first kappa shape index (κ1) is 47.3. The largest absolute Gasteiger partial charge is 0.573 e. The predicted molar refractivity (Wildman–Crippen MR) is 213 cm³/mol. The van der Waals surface area contributed by atoms with E-state index in [1.165, 1.54) is 53.3 Å². The highest BCUT2D eigenvalue weighted by molar-refractivity contribution is 5.83. The minimum atomic E-state index is -4.83. The number of amidine groups is 1. The van der Waals surface area contributed by atoms with Crippen molar-refractivity contribution in [3.05, 3.63) is 70.4 Å². The molecule has 0 aliphatic carbocycles. The normalized spacial score (nSPS) is 16.9. The molecule has 1 aliphatic heterocycles. The number of allylic oxidation sites excluding steroid dienone is 1. The molecule has 0 radical (unpaired) electrons. The summed E-state index contributed by atoms with van der Waals surface area (Å²) in [5.74, 6) is 0.733. The fraction of sp³-hybridized carbons (Fsp3) is 0.595. The summed E-state index contributed by atoms with van der Waals surface area (Å²) in [7, 11) is 1.58. The molecule has 3 N–H and O–H groups in total. The molecule has 11 heteroatoms. The van der Waals surface area contributed by atoms with Crippen molar-refractivity contribution in [2.45, 2.75) is 133 Å². The summed E-state index contributed by atoms with van der Waals surface area (Å²) in [6, 6.07) is 10.4. The number of hydrogen-bond acceptors (Lipinski definition) is 6. The van der Waals surface area contributed by atoms with Crippen LogP contribution in [0.3, 0.4) is 0 Å². The molecular weight excluding hydrogens is 679 g/mol. The maximum atomic E-state index is 13.2. The van der Waals surface area contributed by atoms with E-state index in [2.05, 4.69) is 100 Å². The summed E-state index contributed by atoms with van der Waals surface area (Å²) in [6.07, 6.45) is 1.21. The molecular formula is C42H66F3N5O3. The van der Waals surface area contributed by atoms with Gasteiger partial charge in [0, 0.05) is 30.3 Å². The van der Waals surface area contributed by atoms with Gasteiger partial charge >= 0.3 is 6.36 Å². The Bertz CT molecular complexity index is 1460. The lowest BCUT2D eigenvalue weighted by Crippen LogP contribution is -2.48. The monoisotopic (exact) mass is 746 g/mol. The molecule has 1 saturated heterocycles. The van der Waals surface area contributed by atoms with Gasteiger partial charge in [0.05, 0.1) is 6.54 Å². The maximum Gasteiger partial charge on any atom is 0.573 e. The first-order valence-corrected chi connectivity index (χ1v) is 19.0. The smallest absolute Gasteiger partial charge is 0.405 e. The van der Waals surface area contributed by atoms with Crippen LogP contribution in [-0.2, 0) is 9.59 Å². The van der Waals surface area contributed by atoms with Gasteiger partial charge in [-0.3, -0.25) is 14.9 Å². The van der Waals surface area contributed by atoms with E-state index in [1.54, 1.807) is 20.0 Å². The van der Waals surface area contributed by atoms with Crippen LogP contribution in [-0.4, -0.2) is 61.5 Å². The first-order chi connectivity index (χ1) is 24.9. The summed E-state index contributed by atoms with van der Waals surface area (Å²) in [5.41, 5.74) is 6.34. The number of Topliss-reactive ketones (excluding diaryl/α,β-unsaturated/α-hetero) is 1. The lowest BCUT2D eigenvalue weighted by atomic mass is 9.90. The van der Waals surface area contributed by atoms with Gasteiger partial charge in [-0.2, -0.15) is 0 Å². The minimum absolute atomic E-state index is 0.0691. The highest BCUT2D eigenvalue weighted by Crippen LogP contribution is 2.31. The number of aliphatic imine (C=N–C) groups is 1. The molecule has 1 heterocycles. The average molecular weight is 746 g/mol. The van der Waals surface area contributed by atoms with Gasteiger partial charge in [0.2, 0.25) is 5.91 Å². The molecule has 1 unspecified atom stereocenters. The van der Waals surface area contributed by atoms with E-state index < -0.39 is 12.5 Å². The number of unbranched alkanes of at least 4 members (excludes halogenated alkanes) is 1. The fourth-order valence-electron chi connectivity index (χ4n) is 6.12. The number of aryl methyl sites for hydroxylation is 2. The molecule has 0 aromatic heterocycles. The second kappa shape index (κ2) is 23.9. The standard InChI is InChI=1S/C32H43F3N4O2.C6H13NO.C4H10/c1-19(2)26-15-20(3)29(21(4)16-26)22(5)18-37-24(7)39-14-13-25(17-23(39)6)31(40)38-30(36-8)27-11-9-10-12-28(27)41-32(33,34)35;1-3-4-7-5-6(2)8;1-3-4-2/h9-12,15-16,18-19,23,25,30,36H,13-14,17H2,1-8H3,(H,38,40);7H,3-5H2,1-2H3;3-4H2,1-2H3/b22-18+,37-24?;;/t23-,25-,30?;;/m0../s1. The number of ketones is 1. The van der Waals surface area contributed by atoms with Crippen LogP contribution in [0.25, 0.3) is 5.57 Å². The van der Waals surface area contributed by atoms with Crippen molar-refractivity contribution in [3.8, 4) is 5.75 Å². The van der Waals surface area contributed by atoms with Crippen LogP contribution >= 0.6 is 0 Å². The van der Waals surface area contributed by atoms with Gasteiger partial charge in [0.15, 0.2) is 0 Å². The Morgan fingerprint density at radius 2 is 1.62 bits per heavy atom. The number of nitrogens with one attached hydrogen (secondary N) is 3. The Morgan fingerprint density at radius 3 is 2.11 bits per heavy atom. The van der Waals surface area contributed by atoms with Gasteiger partial charge in [-0.15, -0.1) is 13.2 Å². The zero-order chi connectivity index (χ0) is 40.3. The third-order valence-electron chi connectivity index (χ3n) is 9.06. The summed E-state index contributed by atoms with van der Waals surface area (Å²) < 4.78 is 42.9. The van der Waals surface area contributed by atoms with Gasteiger partial charge in [-0.05, 0) is 114 Å². The number of carbonyl (C=O) groups is 2.